The maximum atomic E-state index is 6.17. The average Bonchev–Trinajstić information content (AvgIpc) is 2.42. The zero-order valence-electron chi connectivity index (χ0n) is 12.5. The predicted molar refractivity (Wildman–Crippen MR) is 90.2 cm³/mol. The molecule has 3 N–H and O–H groups in total. The molecule has 1 aromatic carbocycles. The van der Waals surface area contributed by atoms with Crippen molar-refractivity contribution in [3.8, 4) is 0 Å². The van der Waals surface area contributed by atoms with Gasteiger partial charge in [-0.1, -0.05) is 29.3 Å². The van der Waals surface area contributed by atoms with E-state index >= 15 is 0 Å². The highest BCUT2D eigenvalue weighted by atomic mass is 35.5. The highest BCUT2D eigenvalue weighted by Crippen LogP contribution is 2.25. The summed E-state index contributed by atoms with van der Waals surface area (Å²) in [5.41, 5.74) is 6.82. The minimum atomic E-state index is -0.0213. The van der Waals surface area contributed by atoms with Gasteiger partial charge in [0, 0.05) is 30.3 Å². The van der Waals surface area contributed by atoms with E-state index in [-0.39, 0.29) is 6.04 Å². The minimum absolute atomic E-state index is 0.0213. The quantitative estimate of drug-likeness (QED) is 0.433. The first-order valence-corrected chi connectivity index (χ1v) is 7.80. The molecule has 1 atom stereocenters. The van der Waals surface area contributed by atoms with Crippen LogP contribution in [-0.2, 0) is 4.74 Å². The Morgan fingerprint density at radius 1 is 1.33 bits per heavy atom. The van der Waals surface area contributed by atoms with E-state index in [2.05, 4.69) is 10.3 Å². The predicted octanol–water partition coefficient (Wildman–Crippen LogP) is 3.78. The van der Waals surface area contributed by atoms with Crippen LogP contribution in [0.1, 0.15) is 37.8 Å². The number of nitrogens with one attached hydrogen (secondary N) is 1. The molecule has 1 unspecified atom stereocenters. The van der Waals surface area contributed by atoms with Gasteiger partial charge in [0.25, 0.3) is 0 Å². The third kappa shape index (κ3) is 7.02. The van der Waals surface area contributed by atoms with Crippen LogP contribution in [0.5, 0.6) is 0 Å². The number of guanidine groups is 1. The van der Waals surface area contributed by atoms with Crippen LogP contribution in [0, 0.1) is 0 Å². The Labute approximate surface area is 136 Å². The van der Waals surface area contributed by atoms with E-state index in [9.17, 15) is 0 Å². The van der Waals surface area contributed by atoms with Gasteiger partial charge in [0.2, 0.25) is 0 Å². The van der Waals surface area contributed by atoms with Crippen molar-refractivity contribution >= 4 is 29.2 Å². The van der Waals surface area contributed by atoms with Crippen molar-refractivity contribution in [1.29, 1.82) is 0 Å². The van der Waals surface area contributed by atoms with E-state index in [0.29, 0.717) is 22.5 Å². The van der Waals surface area contributed by atoms with Gasteiger partial charge in [0.1, 0.15) is 0 Å². The summed E-state index contributed by atoms with van der Waals surface area (Å²) < 4.78 is 5.00. The molecule has 0 spiro atoms. The number of unbranched alkanes of at least 4 members (excludes halogenated alkanes) is 2. The third-order valence-electron chi connectivity index (χ3n) is 3.08. The highest BCUT2D eigenvalue weighted by molar-refractivity contribution is 6.35. The summed E-state index contributed by atoms with van der Waals surface area (Å²) in [5, 5.41) is 4.37. The molecular weight excluding hydrogens is 309 g/mol. The first kappa shape index (κ1) is 18.1. The Morgan fingerprint density at radius 2 is 2.10 bits per heavy atom. The van der Waals surface area contributed by atoms with Crippen molar-refractivity contribution < 1.29 is 4.74 Å². The maximum absolute atomic E-state index is 6.17. The van der Waals surface area contributed by atoms with Crippen molar-refractivity contribution in [2.45, 2.75) is 32.2 Å². The molecule has 0 heterocycles. The molecule has 0 aliphatic rings. The highest BCUT2D eigenvalue weighted by Gasteiger charge is 2.10. The largest absolute Gasteiger partial charge is 0.385 e. The number of methoxy groups -OCH3 is 1. The normalized spacial score (nSPS) is 13.2. The summed E-state index contributed by atoms with van der Waals surface area (Å²) in [5.74, 6) is 0.431. The molecule has 0 amide bonds. The van der Waals surface area contributed by atoms with Crippen molar-refractivity contribution in [3.63, 3.8) is 0 Å². The van der Waals surface area contributed by atoms with E-state index in [0.717, 1.165) is 31.4 Å². The summed E-state index contributed by atoms with van der Waals surface area (Å²) in [4.78, 5) is 4.31. The number of halogens is 2. The molecule has 1 rings (SSSR count). The van der Waals surface area contributed by atoms with Gasteiger partial charge >= 0.3 is 0 Å². The van der Waals surface area contributed by atoms with Crippen LogP contribution in [0.2, 0.25) is 10.0 Å². The lowest BCUT2D eigenvalue weighted by Gasteiger charge is -2.16. The number of ether oxygens (including phenoxy) is 1. The van der Waals surface area contributed by atoms with Gasteiger partial charge in [0.05, 0.1) is 6.04 Å². The lowest BCUT2D eigenvalue weighted by atomic mass is 10.1. The molecule has 4 nitrogen and oxygen atoms in total. The van der Waals surface area contributed by atoms with Gasteiger partial charge < -0.3 is 15.8 Å². The van der Waals surface area contributed by atoms with E-state index in [1.165, 1.54) is 0 Å². The smallest absolute Gasteiger partial charge is 0.189 e. The van der Waals surface area contributed by atoms with Gasteiger partial charge in [-0.05, 0) is 43.9 Å². The Kier molecular flexibility index (Phi) is 8.50. The van der Waals surface area contributed by atoms with Crippen molar-refractivity contribution in [2.24, 2.45) is 10.7 Å². The lowest BCUT2D eigenvalue weighted by Crippen LogP contribution is -2.34. The molecule has 0 saturated carbocycles. The Hall–Kier alpha value is -0.970. The fourth-order valence-electron chi connectivity index (χ4n) is 1.93. The second-order valence-electron chi connectivity index (χ2n) is 4.85. The fraction of sp³-hybridized carbons (Fsp3) is 0.533. The van der Waals surface area contributed by atoms with E-state index in [1.807, 2.05) is 19.1 Å². The summed E-state index contributed by atoms with van der Waals surface area (Å²) >= 11 is 12.1. The minimum Gasteiger partial charge on any atom is -0.385 e. The Bertz CT molecular complexity index is 466. The number of benzene rings is 1. The average molecular weight is 332 g/mol. The molecule has 118 valence electrons. The molecule has 0 saturated heterocycles. The molecule has 21 heavy (non-hydrogen) atoms. The molecule has 6 heteroatoms. The van der Waals surface area contributed by atoms with Gasteiger partial charge in [0.15, 0.2) is 5.96 Å². The van der Waals surface area contributed by atoms with Crippen molar-refractivity contribution in [3.05, 3.63) is 33.8 Å². The standard InChI is InChI=1S/C15H23Cl2N3O/c1-11(13-7-6-12(16)10-14(13)17)20-15(18)19-8-4-3-5-9-21-2/h6-7,10-11H,3-5,8-9H2,1-2H3,(H3,18,19,20). The zero-order valence-corrected chi connectivity index (χ0v) is 14.0. The second kappa shape index (κ2) is 9.87. The molecule has 0 aliphatic carbocycles. The van der Waals surface area contributed by atoms with Gasteiger partial charge in [-0.15, -0.1) is 0 Å². The van der Waals surface area contributed by atoms with E-state index in [4.69, 9.17) is 33.7 Å². The van der Waals surface area contributed by atoms with Crippen molar-refractivity contribution in [2.75, 3.05) is 20.3 Å². The van der Waals surface area contributed by atoms with Gasteiger partial charge in [-0.3, -0.25) is 4.99 Å². The first-order chi connectivity index (χ1) is 10.0. The number of nitrogens with zero attached hydrogens (tertiary/aromatic N) is 1. The van der Waals surface area contributed by atoms with Crippen molar-refractivity contribution in [1.82, 2.24) is 5.32 Å². The number of hydrogen-bond donors (Lipinski definition) is 2. The molecular formula is C15H23Cl2N3O. The second-order valence-corrected chi connectivity index (χ2v) is 5.70. The maximum Gasteiger partial charge on any atom is 0.189 e. The van der Waals surface area contributed by atoms with Crippen LogP contribution in [-0.4, -0.2) is 26.2 Å². The van der Waals surface area contributed by atoms with Crippen LogP contribution in [0.3, 0.4) is 0 Å². The van der Waals surface area contributed by atoms with Crippen LogP contribution < -0.4 is 11.1 Å². The topological polar surface area (TPSA) is 59.6 Å². The molecule has 0 aromatic heterocycles. The summed E-state index contributed by atoms with van der Waals surface area (Å²) in [6.45, 7) is 3.49. The molecule has 1 aromatic rings. The fourth-order valence-corrected chi connectivity index (χ4v) is 2.50. The van der Waals surface area contributed by atoms with E-state index in [1.54, 1.807) is 13.2 Å². The third-order valence-corrected chi connectivity index (χ3v) is 3.64. The summed E-state index contributed by atoms with van der Waals surface area (Å²) in [7, 11) is 1.71. The molecule has 0 bridgehead atoms. The van der Waals surface area contributed by atoms with Crippen LogP contribution in [0.4, 0.5) is 0 Å². The first-order valence-electron chi connectivity index (χ1n) is 7.05. The number of rotatable bonds is 8. The Balaban J connectivity index is 2.40. The molecule has 0 aliphatic heterocycles. The number of nitrogens with two attached hydrogens (primary N) is 1. The monoisotopic (exact) mass is 331 g/mol. The lowest BCUT2D eigenvalue weighted by molar-refractivity contribution is 0.192. The molecule has 0 fully saturated rings. The SMILES string of the molecule is COCCCCCN=C(N)NC(C)c1ccc(Cl)cc1Cl. The summed E-state index contributed by atoms with van der Waals surface area (Å²) in [6, 6.07) is 5.40. The number of aliphatic imine (C=N–C) groups is 1. The zero-order chi connectivity index (χ0) is 15.7. The van der Waals surface area contributed by atoms with Crippen LogP contribution in [0.15, 0.2) is 23.2 Å². The van der Waals surface area contributed by atoms with Gasteiger partial charge in [-0.25, -0.2) is 0 Å². The van der Waals surface area contributed by atoms with E-state index < -0.39 is 0 Å². The van der Waals surface area contributed by atoms with Crippen LogP contribution in [0.25, 0.3) is 0 Å². The number of hydrogen-bond acceptors (Lipinski definition) is 2. The van der Waals surface area contributed by atoms with Crippen LogP contribution >= 0.6 is 23.2 Å². The Morgan fingerprint density at radius 3 is 2.76 bits per heavy atom. The summed E-state index contributed by atoms with van der Waals surface area (Å²) in [6.07, 6.45) is 3.14. The molecule has 0 radical (unpaired) electrons. The van der Waals surface area contributed by atoms with Gasteiger partial charge in [-0.2, -0.15) is 0 Å².